The van der Waals surface area contributed by atoms with Gasteiger partial charge < -0.3 is 5.32 Å². The van der Waals surface area contributed by atoms with Crippen molar-refractivity contribution in [1.82, 2.24) is 15.1 Å². The van der Waals surface area contributed by atoms with Gasteiger partial charge in [0.05, 0.1) is 4.92 Å². The summed E-state index contributed by atoms with van der Waals surface area (Å²) in [6.45, 7) is 5.78. The minimum absolute atomic E-state index is 0.0406. The molecule has 86 valence electrons. The third-order valence-corrected chi connectivity index (χ3v) is 1.72. The summed E-state index contributed by atoms with van der Waals surface area (Å²) in [5, 5.41) is 16.7. The van der Waals surface area contributed by atoms with Crippen molar-refractivity contribution < 1.29 is 9.72 Å². The summed E-state index contributed by atoms with van der Waals surface area (Å²) < 4.78 is 1.21. The Kier molecular flexibility index (Phi) is 3.76. The molecule has 1 amide bonds. The van der Waals surface area contributed by atoms with Gasteiger partial charge in [-0.25, -0.2) is 0 Å². The Morgan fingerprint density at radius 1 is 1.75 bits per heavy atom. The molecule has 0 aromatic carbocycles. The van der Waals surface area contributed by atoms with Crippen LogP contribution in [0.1, 0.15) is 6.92 Å². The fourth-order valence-corrected chi connectivity index (χ4v) is 0.986. The quantitative estimate of drug-likeness (QED) is 0.447. The van der Waals surface area contributed by atoms with Crippen LogP contribution in [0.25, 0.3) is 0 Å². The van der Waals surface area contributed by atoms with Crippen molar-refractivity contribution >= 4 is 11.6 Å². The maximum atomic E-state index is 11.3. The lowest BCUT2D eigenvalue weighted by Crippen LogP contribution is -2.28. The average molecular weight is 224 g/mol. The zero-order chi connectivity index (χ0) is 12.1. The highest BCUT2D eigenvalue weighted by Gasteiger charge is 2.10. The normalized spacial score (nSPS) is 9.81. The SMILES string of the molecule is C=C(C)CNC(=O)Cn1cc([N+](=O)[O-])cn1. The smallest absolute Gasteiger partial charge is 0.307 e. The molecular weight excluding hydrogens is 212 g/mol. The summed E-state index contributed by atoms with van der Waals surface area (Å²) in [6.07, 6.45) is 2.31. The molecule has 0 atom stereocenters. The molecule has 0 radical (unpaired) electrons. The van der Waals surface area contributed by atoms with Gasteiger partial charge >= 0.3 is 5.69 Å². The van der Waals surface area contributed by atoms with Crippen molar-refractivity contribution in [3.05, 3.63) is 34.7 Å². The Balaban J connectivity index is 2.49. The lowest BCUT2D eigenvalue weighted by molar-refractivity contribution is -0.385. The van der Waals surface area contributed by atoms with Crippen molar-refractivity contribution in [3.63, 3.8) is 0 Å². The van der Waals surface area contributed by atoms with E-state index in [-0.39, 0.29) is 18.1 Å². The lowest BCUT2D eigenvalue weighted by atomic mass is 10.3. The van der Waals surface area contributed by atoms with Gasteiger partial charge in [-0.15, -0.1) is 0 Å². The Labute approximate surface area is 91.9 Å². The second-order valence-electron chi connectivity index (χ2n) is 3.39. The van der Waals surface area contributed by atoms with Crippen LogP contribution in [0.5, 0.6) is 0 Å². The molecule has 0 aliphatic heterocycles. The maximum absolute atomic E-state index is 11.3. The van der Waals surface area contributed by atoms with E-state index in [1.54, 1.807) is 6.92 Å². The first-order chi connectivity index (χ1) is 7.49. The largest absolute Gasteiger partial charge is 0.351 e. The van der Waals surface area contributed by atoms with Crippen LogP contribution in [-0.4, -0.2) is 27.2 Å². The average Bonchev–Trinajstić information content (AvgIpc) is 2.63. The number of amides is 1. The van der Waals surface area contributed by atoms with Crippen LogP contribution in [0.3, 0.4) is 0 Å². The summed E-state index contributed by atoms with van der Waals surface area (Å²) in [5.41, 5.74) is 0.701. The number of nitro groups is 1. The molecule has 1 N–H and O–H groups in total. The minimum atomic E-state index is -0.560. The molecule has 7 nitrogen and oxygen atoms in total. The number of carbonyl (C=O) groups is 1. The van der Waals surface area contributed by atoms with E-state index in [1.165, 1.54) is 10.9 Å². The van der Waals surface area contributed by atoms with Crippen LogP contribution in [0.15, 0.2) is 24.5 Å². The van der Waals surface area contributed by atoms with Crippen LogP contribution in [0, 0.1) is 10.1 Å². The van der Waals surface area contributed by atoms with E-state index in [1.807, 2.05) is 0 Å². The van der Waals surface area contributed by atoms with Gasteiger partial charge in [0, 0.05) is 6.54 Å². The highest BCUT2D eigenvalue weighted by atomic mass is 16.6. The summed E-state index contributed by atoms with van der Waals surface area (Å²) >= 11 is 0. The molecule has 1 rings (SSSR count). The number of nitrogens with one attached hydrogen (secondary N) is 1. The first-order valence-corrected chi connectivity index (χ1v) is 4.57. The van der Waals surface area contributed by atoms with E-state index in [4.69, 9.17) is 0 Å². The molecule has 0 fully saturated rings. The zero-order valence-electron chi connectivity index (χ0n) is 8.84. The van der Waals surface area contributed by atoms with Gasteiger partial charge in [-0.1, -0.05) is 12.2 Å². The van der Waals surface area contributed by atoms with E-state index < -0.39 is 4.92 Å². The highest BCUT2D eigenvalue weighted by molar-refractivity contribution is 5.75. The van der Waals surface area contributed by atoms with Gasteiger partial charge in [-0.3, -0.25) is 19.6 Å². The van der Waals surface area contributed by atoms with E-state index >= 15 is 0 Å². The standard InChI is InChI=1S/C9H12N4O3/c1-7(2)3-10-9(14)6-12-5-8(4-11-12)13(15)16/h4-5H,1,3,6H2,2H3,(H,10,14). The Morgan fingerprint density at radius 3 is 2.94 bits per heavy atom. The second kappa shape index (κ2) is 5.06. The maximum Gasteiger partial charge on any atom is 0.307 e. The Bertz CT molecular complexity index is 424. The molecule has 16 heavy (non-hydrogen) atoms. The van der Waals surface area contributed by atoms with E-state index in [2.05, 4.69) is 17.0 Å². The number of nitrogens with zero attached hydrogens (tertiary/aromatic N) is 3. The topological polar surface area (TPSA) is 90.1 Å². The molecule has 0 bridgehead atoms. The molecule has 1 aromatic heterocycles. The predicted octanol–water partition coefficient (Wildman–Crippen LogP) is 0.484. The third-order valence-electron chi connectivity index (χ3n) is 1.72. The van der Waals surface area contributed by atoms with Crippen molar-refractivity contribution in [2.24, 2.45) is 0 Å². The third kappa shape index (κ3) is 3.52. The van der Waals surface area contributed by atoms with E-state index in [0.29, 0.717) is 6.54 Å². The predicted molar refractivity (Wildman–Crippen MR) is 56.7 cm³/mol. The fraction of sp³-hybridized carbons (Fsp3) is 0.333. The lowest BCUT2D eigenvalue weighted by Gasteiger charge is -2.03. The first kappa shape index (κ1) is 11.9. The van der Waals surface area contributed by atoms with Crippen molar-refractivity contribution in [3.8, 4) is 0 Å². The molecule has 1 heterocycles. The molecule has 0 aliphatic rings. The minimum Gasteiger partial charge on any atom is -0.351 e. The molecule has 1 aromatic rings. The van der Waals surface area contributed by atoms with Crippen molar-refractivity contribution in [2.45, 2.75) is 13.5 Å². The first-order valence-electron chi connectivity index (χ1n) is 4.57. The molecule has 0 aliphatic carbocycles. The fourth-order valence-electron chi connectivity index (χ4n) is 0.986. The molecular formula is C9H12N4O3. The summed E-state index contributed by atoms with van der Waals surface area (Å²) in [6, 6.07) is 0. The van der Waals surface area contributed by atoms with Crippen molar-refractivity contribution in [2.75, 3.05) is 6.54 Å². The van der Waals surface area contributed by atoms with Gasteiger partial charge in [0.25, 0.3) is 0 Å². The van der Waals surface area contributed by atoms with Gasteiger partial charge in [-0.2, -0.15) is 5.10 Å². The summed E-state index contributed by atoms with van der Waals surface area (Å²) in [7, 11) is 0. The number of hydrogen-bond donors (Lipinski definition) is 1. The summed E-state index contributed by atoms with van der Waals surface area (Å²) in [4.78, 5) is 21.1. The number of aromatic nitrogens is 2. The van der Waals surface area contributed by atoms with Gasteiger partial charge in [0.2, 0.25) is 5.91 Å². The number of hydrogen-bond acceptors (Lipinski definition) is 4. The highest BCUT2D eigenvalue weighted by Crippen LogP contribution is 2.07. The van der Waals surface area contributed by atoms with Crippen molar-refractivity contribution in [1.29, 1.82) is 0 Å². The van der Waals surface area contributed by atoms with E-state index in [9.17, 15) is 14.9 Å². The van der Waals surface area contributed by atoms with Crippen LogP contribution in [0.2, 0.25) is 0 Å². The van der Waals surface area contributed by atoms with Crippen LogP contribution in [-0.2, 0) is 11.3 Å². The monoisotopic (exact) mass is 224 g/mol. The Hall–Kier alpha value is -2.18. The summed E-state index contributed by atoms with van der Waals surface area (Å²) in [5.74, 6) is -0.263. The van der Waals surface area contributed by atoms with Crippen LogP contribution >= 0.6 is 0 Å². The van der Waals surface area contributed by atoms with E-state index in [0.717, 1.165) is 11.8 Å². The second-order valence-corrected chi connectivity index (χ2v) is 3.39. The zero-order valence-corrected chi connectivity index (χ0v) is 8.84. The van der Waals surface area contributed by atoms with Gasteiger partial charge in [-0.05, 0) is 6.92 Å². The van der Waals surface area contributed by atoms with Gasteiger partial charge in [0.1, 0.15) is 18.9 Å². The van der Waals surface area contributed by atoms with Crippen LogP contribution < -0.4 is 5.32 Å². The van der Waals surface area contributed by atoms with Crippen LogP contribution in [0.4, 0.5) is 5.69 Å². The molecule has 7 heteroatoms. The molecule has 0 saturated carbocycles. The number of rotatable bonds is 5. The molecule has 0 unspecified atom stereocenters. The number of carbonyl (C=O) groups excluding carboxylic acids is 1. The molecule has 0 spiro atoms. The Morgan fingerprint density at radius 2 is 2.44 bits per heavy atom. The molecule has 0 saturated heterocycles. The van der Waals surface area contributed by atoms with Gasteiger partial charge in [0.15, 0.2) is 0 Å².